The molecular formula is C16H19NO2. The fourth-order valence-electron chi connectivity index (χ4n) is 1.85. The number of rotatable bonds is 6. The van der Waals surface area contributed by atoms with Gasteiger partial charge in [-0.2, -0.15) is 0 Å². The van der Waals surface area contributed by atoms with Gasteiger partial charge in [-0.1, -0.05) is 43.7 Å². The van der Waals surface area contributed by atoms with Gasteiger partial charge in [0, 0.05) is 5.69 Å². The summed E-state index contributed by atoms with van der Waals surface area (Å²) in [4.78, 5) is 11.5. The smallest absolute Gasteiger partial charge is 0.325 e. The molecule has 0 radical (unpaired) electrons. The summed E-state index contributed by atoms with van der Waals surface area (Å²) in [5.41, 5.74) is 0.936. The topological polar surface area (TPSA) is 38.3 Å². The third-order valence-corrected chi connectivity index (χ3v) is 2.95. The van der Waals surface area contributed by atoms with Crippen LogP contribution < -0.4 is 5.32 Å². The number of esters is 1. The first kappa shape index (κ1) is 13.4. The molecule has 0 amide bonds. The van der Waals surface area contributed by atoms with Gasteiger partial charge in [0.1, 0.15) is 6.54 Å². The first-order chi connectivity index (χ1) is 9.29. The normalized spacial score (nSPS) is 10.4. The lowest BCUT2D eigenvalue weighted by atomic mass is 10.1. The maximum absolute atomic E-state index is 11.5. The van der Waals surface area contributed by atoms with Crippen LogP contribution in [0.2, 0.25) is 0 Å². The molecule has 0 unspecified atom stereocenters. The summed E-state index contributed by atoms with van der Waals surface area (Å²) >= 11 is 0. The fourth-order valence-corrected chi connectivity index (χ4v) is 1.85. The van der Waals surface area contributed by atoms with E-state index in [1.54, 1.807) is 0 Å². The van der Waals surface area contributed by atoms with Crippen LogP contribution in [-0.2, 0) is 9.53 Å². The van der Waals surface area contributed by atoms with Crippen LogP contribution in [0.5, 0.6) is 0 Å². The zero-order valence-electron chi connectivity index (χ0n) is 11.2. The van der Waals surface area contributed by atoms with Gasteiger partial charge in [0.15, 0.2) is 0 Å². The van der Waals surface area contributed by atoms with Gasteiger partial charge >= 0.3 is 5.97 Å². The highest BCUT2D eigenvalue weighted by Crippen LogP contribution is 2.18. The van der Waals surface area contributed by atoms with Gasteiger partial charge in [-0.3, -0.25) is 4.79 Å². The van der Waals surface area contributed by atoms with Crippen molar-refractivity contribution in [3.05, 3.63) is 42.5 Å². The molecule has 1 N–H and O–H groups in total. The average molecular weight is 257 g/mol. The molecule has 0 aliphatic heterocycles. The van der Waals surface area contributed by atoms with E-state index in [2.05, 4.69) is 24.4 Å². The lowest BCUT2D eigenvalue weighted by Gasteiger charge is -2.08. The number of fused-ring (bicyclic) bond motifs is 1. The van der Waals surface area contributed by atoms with E-state index < -0.39 is 0 Å². The summed E-state index contributed by atoms with van der Waals surface area (Å²) in [6.07, 6.45) is 1.95. The number of anilines is 1. The van der Waals surface area contributed by atoms with Gasteiger partial charge in [0.05, 0.1) is 6.61 Å². The SMILES string of the molecule is CCCCOC(=O)CNc1ccc2ccccc2c1. The Morgan fingerprint density at radius 1 is 1.16 bits per heavy atom. The van der Waals surface area contributed by atoms with Crippen molar-refractivity contribution in [3.63, 3.8) is 0 Å². The van der Waals surface area contributed by atoms with Gasteiger partial charge in [-0.15, -0.1) is 0 Å². The molecule has 0 aliphatic carbocycles. The van der Waals surface area contributed by atoms with Gasteiger partial charge in [0.2, 0.25) is 0 Å². The summed E-state index contributed by atoms with van der Waals surface area (Å²) in [6, 6.07) is 14.2. The molecule has 0 saturated carbocycles. The van der Waals surface area contributed by atoms with E-state index in [1.807, 2.05) is 30.3 Å². The molecule has 2 aromatic carbocycles. The molecule has 0 heterocycles. The van der Waals surface area contributed by atoms with Crippen molar-refractivity contribution >= 4 is 22.4 Å². The van der Waals surface area contributed by atoms with E-state index in [9.17, 15) is 4.79 Å². The van der Waals surface area contributed by atoms with Crippen LogP contribution in [0.15, 0.2) is 42.5 Å². The molecule has 3 heteroatoms. The van der Waals surface area contributed by atoms with Crippen molar-refractivity contribution in [2.45, 2.75) is 19.8 Å². The fraction of sp³-hybridized carbons (Fsp3) is 0.312. The highest BCUT2D eigenvalue weighted by molar-refractivity contribution is 5.86. The molecule has 0 bridgehead atoms. The number of hydrogen-bond donors (Lipinski definition) is 1. The number of ether oxygens (including phenoxy) is 1. The highest BCUT2D eigenvalue weighted by atomic mass is 16.5. The maximum Gasteiger partial charge on any atom is 0.325 e. The lowest BCUT2D eigenvalue weighted by molar-refractivity contribution is -0.141. The molecular weight excluding hydrogens is 238 g/mol. The maximum atomic E-state index is 11.5. The highest BCUT2D eigenvalue weighted by Gasteiger charge is 2.02. The number of carbonyl (C=O) groups excluding carboxylic acids is 1. The van der Waals surface area contributed by atoms with Crippen molar-refractivity contribution in [3.8, 4) is 0 Å². The van der Waals surface area contributed by atoms with E-state index in [-0.39, 0.29) is 12.5 Å². The number of benzene rings is 2. The van der Waals surface area contributed by atoms with Crippen LogP contribution in [-0.4, -0.2) is 19.1 Å². The Morgan fingerprint density at radius 3 is 2.74 bits per heavy atom. The van der Waals surface area contributed by atoms with Crippen LogP contribution in [0.4, 0.5) is 5.69 Å². The lowest BCUT2D eigenvalue weighted by Crippen LogP contribution is -2.17. The average Bonchev–Trinajstić information content (AvgIpc) is 2.45. The molecule has 0 fully saturated rings. The minimum atomic E-state index is -0.207. The molecule has 3 nitrogen and oxygen atoms in total. The summed E-state index contributed by atoms with van der Waals surface area (Å²) < 4.78 is 5.09. The Hall–Kier alpha value is -2.03. The molecule has 0 aliphatic rings. The molecule has 0 aromatic heterocycles. The van der Waals surface area contributed by atoms with Gasteiger partial charge in [0.25, 0.3) is 0 Å². The number of nitrogens with one attached hydrogen (secondary N) is 1. The van der Waals surface area contributed by atoms with Crippen molar-refractivity contribution < 1.29 is 9.53 Å². The van der Waals surface area contributed by atoms with Crippen LogP contribution >= 0.6 is 0 Å². The Labute approximate surface area is 113 Å². The predicted molar refractivity (Wildman–Crippen MR) is 78.3 cm³/mol. The van der Waals surface area contributed by atoms with Crippen molar-refractivity contribution in [2.24, 2.45) is 0 Å². The van der Waals surface area contributed by atoms with E-state index in [1.165, 1.54) is 5.39 Å². The predicted octanol–water partition coefficient (Wildman–Crippen LogP) is 3.60. The second-order valence-electron chi connectivity index (χ2n) is 4.49. The third kappa shape index (κ3) is 3.98. The minimum Gasteiger partial charge on any atom is -0.464 e. The van der Waals surface area contributed by atoms with Crippen LogP contribution in [0.25, 0.3) is 10.8 Å². The van der Waals surface area contributed by atoms with Crippen molar-refractivity contribution in [1.82, 2.24) is 0 Å². The molecule has 100 valence electrons. The second-order valence-corrected chi connectivity index (χ2v) is 4.49. The number of carbonyl (C=O) groups is 1. The molecule has 0 saturated heterocycles. The van der Waals surface area contributed by atoms with E-state index in [0.717, 1.165) is 23.9 Å². The summed E-state index contributed by atoms with van der Waals surface area (Å²) in [5, 5.41) is 5.44. The van der Waals surface area contributed by atoms with Crippen LogP contribution in [0.1, 0.15) is 19.8 Å². The molecule has 0 spiro atoms. The largest absolute Gasteiger partial charge is 0.464 e. The first-order valence-corrected chi connectivity index (χ1v) is 6.68. The van der Waals surface area contributed by atoms with Crippen LogP contribution in [0, 0.1) is 0 Å². The van der Waals surface area contributed by atoms with Gasteiger partial charge < -0.3 is 10.1 Å². The van der Waals surface area contributed by atoms with E-state index >= 15 is 0 Å². The standard InChI is InChI=1S/C16H19NO2/c1-2-3-10-19-16(18)12-17-15-9-8-13-6-4-5-7-14(13)11-15/h4-9,11,17H,2-3,10,12H2,1H3. The van der Waals surface area contributed by atoms with E-state index in [4.69, 9.17) is 4.74 Å². The Bertz CT molecular complexity index is 551. The van der Waals surface area contributed by atoms with Crippen molar-refractivity contribution in [1.29, 1.82) is 0 Å². The minimum absolute atomic E-state index is 0.207. The Morgan fingerprint density at radius 2 is 1.95 bits per heavy atom. The van der Waals surface area contributed by atoms with Gasteiger partial charge in [-0.25, -0.2) is 0 Å². The monoisotopic (exact) mass is 257 g/mol. The second kappa shape index (κ2) is 6.78. The molecule has 2 aromatic rings. The van der Waals surface area contributed by atoms with Crippen molar-refractivity contribution in [2.75, 3.05) is 18.5 Å². The van der Waals surface area contributed by atoms with E-state index in [0.29, 0.717) is 6.61 Å². The summed E-state index contributed by atoms with van der Waals surface area (Å²) in [5.74, 6) is -0.207. The van der Waals surface area contributed by atoms with Gasteiger partial charge in [-0.05, 0) is 29.3 Å². The molecule has 19 heavy (non-hydrogen) atoms. The van der Waals surface area contributed by atoms with Crippen LogP contribution in [0.3, 0.4) is 0 Å². The molecule has 0 atom stereocenters. The number of hydrogen-bond acceptors (Lipinski definition) is 3. The zero-order valence-corrected chi connectivity index (χ0v) is 11.2. The summed E-state index contributed by atoms with van der Waals surface area (Å²) in [7, 11) is 0. The third-order valence-electron chi connectivity index (χ3n) is 2.95. The quantitative estimate of drug-likeness (QED) is 0.634. The Kier molecular flexibility index (Phi) is 4.78. The summed E-state index contributed by atoms with van der Waals surface area (Å²) in [6.45, 7) is 2.79. The molecule has 2 rings (SSSR count). The number of unbranched alkanes of at least 4 members (excludes halogenated alkanes) is 1. The zero-order chi connectivity index (χ0) is 13.5. The first-order valence-electron chi connectivity index (χ1n) is 6.68. The Balaban J connectivity index is 1.89.